The van der Waals surface area contributed by atoms with Gasteiger partial charge in [0.25, 0.3) is 0 Å². The molecular weight excluding hydrogens is 337 g/mol. The Bertz CT molecular complexity index is 762. The highest BCUT2D eigenvalue weighted by Crippen LogP contribution is 2.27. The zero-order chi connectivity index (χ0) is 12.5. The molecule has 2 aromatic carbocycles. The molecule has 0 saturated heterocycles. The molecule has 0 unspecified atom stereocenters. The van der Waals surface area contributed by atoms with Gasteiger partial charge >= 0.3 is 0 Å². The van der Waals surface area contributed by atoms with Crippen molar-refractivity contribution in [3.63, 3.8) is 0 Å². The predicted molar refractivity (Wildman–Crippen MR) is 82.7 cm³/mol. The molecule has 0 aliphatic heterocycles. The molecule has 0 saturated carbocycles. The minimum Gasteiger partial charge on any atom is -0.322 e. The second kappa shape index (κ2) is 4.57. The smallest absolute Gasteiger partial charge is 0.249 e. The summed E-state index contributed by atoms with van der Waals surface area (Å²) >= 11 is 2.28. The van der Waals surface area contributed by atoms with Gasteiger partial charge in [0, 0.05) is 20.5 Å². The van der Waals surface area contributed by atoms with E-state index in [9.17, 15) is 4.79 Å². The van der Waals surface area contributed by atoms with Crippen LogP contribution >= 0.6 is 22.6 Å². The van der Waals surface area contributed by atoms with E-state index in [0.717, 1.165) is 25.6 Å². The third-order valence-electron chi connectivity index (χ3n) is 2.89. The third-order valence-corrected chi connectivity index (χ3v) is 3.56. The molecule has 88 valence electrons. The Balaban J connectivity index is 2.41. The van der Waals surface area contributed by atoms with Gasteiger partial charge in [0.05, 0.1) is 0 Å². The summed E-state index contributed by atoms with van der Waals surface area (Å²) in [4.78, 5) is 14.6. The maximum absolute atomic E-state index is 11.7. The van der Waals surface area contributed by atoms with Crippen molar-refractivity contribution in [2.24, 2.45) is 0 Å². The average molecular weight is 347 g/mol. The molecular formula is C15H10INO. The lowest BCUT2D eigenvalue weighted by atomic mass is 10.0. The number of rotatable bonds is 1. The summed E-state index contributed by atoms with van der Waals surface area (Å²) in [6.45, 7) is 0. The van der Waals surface area contributed by atoms with Crippen molar-refractivity contribution < 1.29 is 0 Å². The highest BCUT2D eigenvalue weighted by Gasteiger charge is 2.05. The SMILES string of the molecule is O=c1cc(-c2ccccc2)c2cc(I)ccc2[nH]1. The van der Waals surface area contributed by atoms with Gasteiger partial charge in [0.15, 0.2) is 0 Å². The van der Waals surface area contributed by atoms with Gasteiger partial charge < -0.3 is 4.98 Å². The fourth-order valence-electron chi connectivity index (χ4n) is 2.08. The van der Waals surface area contributed by atoms with Gasteiger partial charge in [-0.25, -0.2) is 0 Å². The van der Waals surface area contributed by atoms with Gasteiger partial charge in [-0.05, 0) is 51.9 Å². The Hall–Kier alpha value is -1.62. The first-order valence-corrected chi connectivity index (χ1v) is 6.70. The molecule has 0 radical (unpaired) electrons. The second-order valence-corrected chi connectivity index (χ2v) is 5.35. The minimum absolute atomic E-state index is 0.0671. The topological polar surface area (TPSA) is 32.9 Å². The van der Waals surface area contributed by atoms with Crippen LogP contribution in [0.1, 0.15) is 0 Å². The van der Waals surface area contributed by atoms with Crippen LogP contribution in [0.4, 0.5) is 0 Å². The highest BCUT2D eigenvalue weighted by molar-refractivity contribution is 14.1. The molecule has 3 rings (SSSR count). The molecule has 0 bridgehead atoms. The lowest BCUT2D eigenvalue weighted by Gasteiger charge is -2.06. The monoisotopic (exact) mass is 347 g/mol. The summed E-state index contributed by atoms with van der Waals surface area (Å²) in [5, 5.41) is 1.08. The summed E-state index contributed by atoms with van der Waals surface area (Å²) in [6.07, 6.45) is 0. The van der Waals surface area contributed by atoms with Crippen molar-refractivity contribution in [3.05, 3.63) is 68.5 Å². The number of hydrogen-bond donors (Lipinski definition) is 1. The van der Waals surface area contributed by atoms with Crippen LogP contribution in [0.3, 0.4) is 0 Å². The molecule has 0 spiro atoms. The Labute approximate surface area is 118 Å². The van der Waals surface area contributed by atoms with E-state index in [1.807, 2.05) is 42.5 Å². The Morgan fingerprint density at radius 2 is 1.72 bits per heavy atom. The van der Waals surface area contributed by atoms with E-state index in [1.165, 1.54) is 0 Å². The second-order valence-electron chi connectivity index (χ2n) is 4.10. The number of nitrogens with one attached hydrogen (secondary N) is 1. The molecule has 18 heavy (non-hydrogen) atoms. The fraction of sp³-hybridized carbons (Fsp3) is 0. The van der Waals surface area contributed by atoms with Gasteiger partial charge in [-0.1, -0.05) is 30.3 Å². The molecule has 2 nitrogen and oxygen atoms in total. The zero-order valence-electron chi connectivity index (χ0n) is 9.48. The Kier molecular flexibility index (Phi) is 2.91. The number of fused-ring (bicyclic) bond motifs is 1. The molecule has 0 aliphatic carbocycles. The molecule has 3 aromatic rings. The van der Waals surface area contributed by atoms with Crippen LogP contribution in [0.15, 0.2) is 59.4 Å². The average Bonchev–Trinajstić information content (AvgIpc) is 2.39. The number of pyridine rings is 1. The van der Waals surface area contributed by atoms with E-state index in [1.54, 1.807) is 6.07 Å². The lowest BCUT2D eigenvalue weighted by molar-refractivity contribution is 1.31. The molecule has 3 heteroatoms. The van der Waals surface area contributed by atoms with Gasteiger partial charge in [0.1, 0.15) is 0 Å². The van der Waals surface area contributed by atoms with E-state index in [4.69, 9.17) is 0 Å². The van der Waals surface area contributed by atoms with Crippen molar-refractivity contribution in [1.29, 1.82) is 0 Å². The fourth-order valence-corrected chi connectivity index (χ4v) is 2.57. The van der Waals surface area contributed by atoms with Crippen LogP contribution in [0.5, 0.6) is 0 Å². The number of aromatic nitrogens is 1. The van der Waals surface area contributed by atoms with Crippen molar-refractivity contribution in [1.82, 2.24) is 4.98 Å². The summed E-state index contributed by atoms with van der Waals surface area (Å²) in [5.74, 6) is 0. The van der Waals surface area contributed by atoms with Crippen LogP contribution in [0.2, 0.25) is 0 Å². The maximum atomic E-state index is 11.7. The first-order chi connectivity index (χ1) is 8.74. The molecule has 0 fully saturated rings. The molecule has 0 amide bonds. The van der Waals surface area contributed by atoms with Crippen LogP contribution in [0, 0.1) is 3.57 Å². The van der Waals surface area contributed by atoms with Crippen molar-refractivity contribution >= 4 is 33.5 Å². The number of aromatic amines is 1. The van der Waals surface area contributed by atoms with Crippen LogP contribution in [-0.4, -0.2) is 4.98 Å². The normalized spacial score (nSPS) is 10.7. The minimum atomic E-state index is -0.0671. The predicted octanol–water partition coefficient (Wildman–Crippen LogP) is 3.80. The van der Waals surface area contributed by atoms with E-state index >= 15 is 0 Å². The summed E-state index contributed by atoms with van der Waals surface area (Å²) < 4.78 is 1.16. The molecule has 0 aliphatic rings. The van der Waals surface area contributed by atoms with Crippen LogP contribution in [0.25, 0.3) is 22.0 Å². The number of halogens is 1. The number of hydrogen-bond acceptors (Lipinski definition) is 1. The van der Waals surface area contributed by atoms with E-state index in [2.05, 4.69) is 33.6 Å². The highest BCUT2D eigenvalue weighted by atomic mass is 127. The summed E-state index contributed by atoms with van der Waals surface area (Å²) in [6, 6.07) is 17.7. The maximum Gasteiger partial charge on any atom is 0.249 e. The number of H-pyrrole nitrogens is 1. The first kappa shape index (κ1) is 11.5. The van der Waals surface area contributed by atoms with Crippen LogP contribution in [-0.2, 0) is 0 Å². The quantitative estimate of drug-likeness (QED) is 0.668. The third kappa shape index (κ3) is 2.06. The zero-order valence-corrected chi connectivity index (χ0v) is 11.6. The standard InChI is InChI=1S/C15H10INO/c16-11-6-7-14-13(8-11)12(9-15(18)17-14)10-4-2-1-3-5-10/h1-9H,(H,17,18). The summed E-state index contributed by atoms with van der Waals surface area (Å²) in [7, 11) is 0. The lowest BCUT2D eigenvalue weighted by Crippen LogP contribution is -2.04. The Morgan fingerprint density at radius 3 is 2.50 bits per heavy atom. The molecule has 1 aromatic heterocycles. The largest absolute Gasteiger partial charge is 0.322 e. The first-order valence-electron chi connectivity index (χ1n) is 5.62. The number of benzene rings is 2. The van der Waals surface area contributed by atoms with E-state index < -0.39 is 0 Å². The summed E-state index contributed by atoms with van der Waals surface area (Å²) in [5.41, 5.74) is 2.85. The van der Waals surface area contributed by atoms with Crippen molar-refractivity contribution in [2.45, 2.75) is 0 Å². The van der Waals surface area contributed by atoms with Gasteiger partial charge in [0.2, 0.25) is 5.56 Å². The van der Waals surface area contributed by atoms with Gasteiger partial charge in [-0.2, -0.15) is 0 Å². The van der Waals surface area contributed by atoms with Crippen LogP contribution < -0.4 is 5.56 Å². The molecule has 1 N–H and O–H groups in total. The molecule has 1 heterocycles. The van der Waals surface area contributed by atoms with Gasteiger partial charge in [-0.15, -0.1) is 0 Å². The van der Waals surface area contributed by atoms with Crippen molar-refractivity contribution in [2.75, 3.05) is 0 Å². The Morgan fingerprint density at radius 1 is 0.944 bits per heavy atom. The van der Waals surface area contributed by atoms with Crippen molar-refractivity contribution in [3.8, 4) is 11.1 Å². The van der Waals surface area contributed by atoms with E-state index in [0.29, 0.717) is 0 Å². The van der Waals surface area contributed by atoms with Gasteiger partial charge in [-0.3, -0.25) is 4.79 Å². The molecule has 0 atom stereocenters. The van der Waals surface area contributed by atoms with E-state index in [-0.39, 0.29) is 5.56 Å².